The van der Waals surface area contributed by atoms with Gasteiger partial charge in [0.05, 0.1) is 4.92 Å². The Hall–Kier alpha value is -1.99. The summed E-state index contributed by atoms with van der Waals surface area (Å²) in [5.74, 6) is 0. The molecule has 1 aromatic rings. The molecule has 0 heterocycles. The molecule has 0 bridgehead atoms. The highest BCUT2D eigenvalue weighted by Gasteiger charge is 2.31. The topological polar surface area (TPSA) is 58.4 Å². The van der Waals surface area contributed by atoms with Crippen molar-refractivity contribution in [1.82, 2.24) is 0 Å². The van der Waals surface area contributed by atoms with Crippen LogP contribution in [0.1, 0.15) is 20.3 Å². The van der Waals surface area contributed by atoms with E-state index in [2.05, 4.69) is 5.32 Å². The first-order valence-electron chi connectivity index (χ1n) is 6.62. The van der Waals surface area contributed by atoms with Gasteiger partial charge in [-0.15, -0.1) is 0 Å². The number of non-ortho nitro benzene ring substituents is 1. The standard InChI is InChI=1S/C13H18F3N3O2/c1-3-5-18(9-13(14,15)16)11-6-10(17-4-2)7-12(8-11)19(20)21/h6-8,17H,3-5,9H2,1-2H3. The third-order valence-electron chi connectivity index (χ3n) is 2.72. The van der Waals surface area contributed by atoms with Gasteiger partial charge in [-0.05, 0) is 19.4 Å². The molecule has 0 aliphatic heterocycles. The van der Waals surface area contributed by atoms with Crippen molar-refractivity contribution in [3.63, 3.8) is 0 Å². The van der Waals surface area contributed by atoms with E-state index in [-0.39, 0.29) is 17.9 Å². The number of nitro benzene ring substituents is 1. The van der Waals surface area contributed by atoms with Crippen molar-refractivity contribution in [2.75, 3.05) is 29.9 Å². The predicted octanol–water partition coefficient (Wildman–Crippen LogP) is 3.81. The highest BCUT2D eigenvalue weighted by molar-refractivity contribution is 5.64. The molecule has 21 heavy (non-hydrogen) atoms. The van der Waals surface area contributed by atoms with E-state index in [1.807, 2.05) is 0 Å². The number of hydrogen-bond donors (Lipinski definition) is 1. The van der Waals surface area contributed by atoms with Crippen molar-refractivity contribution >= 4 is 17.1 Å². The summed E-state index contributed by atoms with van der Waals surface area (Å²) >= 11 is 0. The molecule has 0 amide bonds. The summed E-state index contributed by atoms with van der Waals surface area (Å²) in [5, 5.41) is 13.8. The Morgan fingerprint density at radius 2 is 1.95 bits per heavy atom. The van der Waals surface area contributed by atoms with Crippen LogP contribution in [0.25, 0.3) is 0 Å². The van der Waals surface area contributed by atoms with Gasteiger partial charge in [0.25, 0.3) is 5.69 Å². The quantitative estimate of drug-likeness (QED) is 0.615. The molecule has 1 aromatic carbocycles. The number of nitrogens with one attached hydrogen (secondary N) is 1. The summed E-state index contributed by atoms with van der Waals surface area (Å²) in [7, 11) is 0. The summed E-state index contributed by atoms with van der Waals surface area (Å²) < 4.78 is 37.9. The van der Waals surface area contributed by atoms with Crippen molar-refractivity contribution in [2.45, 2.75) is 26.4 Å². The Bertz CT molecular complexity index is 492. The second-order valence-corrected chi connectivity index (χ2v) is 4.56. The van der Waals surface area contributed by atoms with Gasteiger partial charge in [-0.3, -0.25) is 10.1 Å². The normalized spacial score (nSPS) is 11.3. The van der Waals surface area contributed by atoms with Crippen LogP contribution in [0.2, 0.25) is 0 Å². The first kappa shape index (κ1) is 17.1. The molecular weight excluding hydrogens is 287 g/mol. The fourth-order valence-corrected chi connectivity index (χ4v) is 1.98. The van der Waals surface area contributed by atoms with Crippen LogP contribution in [-0.4, -0.2) is 30.7 Å². The molecule has 1 N–H and O–H groups in total. The molecule has 0 atom stereocenters. The van der Waals surface area contributed by atoms with E-state index in [0.29, 0.717) is 18.7 Å². The molecule has 0 fully saturated rings. The molecule has 0 aliphatic carbocycles. The van der Waals surface area contributed by atoms with Gasteiger partial charge in [0.2, 0.25) is 0 Å². The van der Waals surface area contributed by atoms with Gasteiger partial charge in [-0.2, -0.15) is 13.2 Å². The lowest BCUT2D eigenvalue weighted by molar-refractivity contribution is -0.384. The van der Waals surface area contributed by atoms with Crippen molar-refractivity contribution in [3.8, 4) is 0 Å². The minimum absolute atomic E-state index is 0.173. The number of nitro groups is 1. The molecule has 0 aromatic heterocycles. The summed E-state index contributed by atoms with van der Waals surface area (Å²) in [4.78, 5) is 11.4. The third kappa shape index (κ3) is 5.49. The highest BCUT2D eigenvalue weighted by Crippen LogP contribution is 2.29. The second kappa shape index (κ2) is 7.14. The van der Waals surface area contributed by atoms with Crippen LogP contribution in [0.3, 0.4) is 0 Å². The van der Waals surface area contributed by atoms with Gasteiger partial charge in [-0.25, -0.2) is 0 Å². The van der Waals surface area contributed by atoms with Crippen LogP contribution in [0.15, 0.2) is 18.2 Å². The smallest absolute Gasteiger partial charge is 0.385 e. The Balaban J connectivity index is 3.18. The van der Waals surface area contributed by atoms with E-state index in [1.165, 1.54) is 18.2 Å². The van der Waals surface area contributed by atoms with Crippen LogP contribution in [0.4, 0.5) is 30.2 Å². The SMILES string of the molecule is CCCN(CC(F)(F)F)c1cc(NCC)cc([N+](=O)[O-])c1. The number of anilines is 2. The van der Waals surface area contributed by atoms with Crippen molar-refractivity contribution in [3.05, 3.63) is 28.3 Å². The molecule has 0 radical (unpaired) electrons. The average Bonchev–Trinajstić information content (AvgIpc) is 2.36. The fraction of sp³-hybridized carbons (Fsp3) is 0.538. The molecule has 0 unspecified atom stereocenters. The van der Waals surface area contributed by atoms with Crippen LogP contribution in [0, 0.1) is 10.1 Å². The van der Waals surface area contributed by atoms with Gasteiger partial charge in [0.15, 0.2) is 0 Å². The summed E-state index contributed by atoms with van der Waals surface area (Å²) in [6, 6.07) is 3.98. The Morgan fingerprint density at radius 1 is 1.29 bits per heavy atom. The maximum Gasteiger partial charge on any atom is 0.405 e. The van der Waals surface area contributed by atoms with Gasteiger partial charge in [0.1, 0.15) is 6.54 Å². The zero-order valence-electron chi connectivity index (χ0n) is 11.9. The summed E-state index contributed by atoms with van der Waals surface area (Å²) in [5.41, 5.74) is 0.399. The van der Waals surface area contributed by atoms with Gasteiger partial charge in [-0.1, -0.05) is 6.92 Å². The zero-order valence-corrected chi connectivity index (χ0v) is 11.9. The van der Waals surface area contributed by atoms with Gasteiger partial charge < -0.3 is 10.2 Å². The number of rotatable bonds is 7. The van der Waals surface area contributed by atoms with E-state index < -0.39 is 17.6 Å². The van der Waals surface area contributed by atoms with Crippen molar-refractivity contribution < 1.29 is 18.1 Å². The van der Waals surface area contributed by atoms with Crippen LogP contribution in [-0.2, 0) is 0 Å². The van der Waals surface area contributed by atoms with Crippen LogP contribution in [0.5, 0.6) is 0 Å². The maximum atomic E-state index is 12.6. The molecule has 0 spiro atoms. The van der Waals surface area contributed by atoms with Gasteiger partial charge >= 0.3 is 6.18 Å². The molecule has 0 saturated carbocycles. The number of halogens is 3. The van der Waals surface area contributed by atoms with E-state index in [4.69, 9.17) is 0 Å². The summed E-state index contributed by atoms with van der Waals surface area (Å²) in [6.45, 7) is 3.12. The molecule has 118 valence electrons. The Kier molecular flexibility index (Phi) is 5.80. The molecular formula is C13H18F3N3O2. The average molecular weight is 305 g/mol. The number of alkyl halides is 3. The third-order valence-corrected chi connectivity index (χ3v) is 2.72. The molecule has 1 rings (SSSR count). The Morgan fingerprint density at radius 3 is 2.43 bits per heavy atom. The number of nitrogens with zero attached hydrogens (tertiary/aromatic N) is 2. The fourth-order valence-electron chi connectivity index (χ4n) is 1.98. The van der Waals surface area contributed by atoms with Crippen molar-refractivity contribution in [2.24, 2.45) is 0 Å². The van der Waals surface area contributed by atoms with Crippen LogP contribution < -0.4 is 10.2 Å². The first-order chi connectivity index (χ1) is 9.76. The zero-order chi connectivity index (χ0) is 16.0. The summed E-state index contributed by atoms with van der Waals surface area (Å²) in [6.07, 6.45) is -3.85. The molecule has 0 saturated heterocycles. The van der Waals surface area contributed by atoms with E-state index in [0.717, 1.165) is 4.90 Å². The first-order valence-corrected chi connectivity index (χ1v) is 6.62. The predicted molar refractivity (Wildman–Crippen MR) is 75.8 cm³/mol. The Labute approximate surface area is 120 Å². The van der Waals surface area contributed by atoms with E-state index in [9.17, 15) is 23.3 Å². The number of benzene rings is 1. The minimum Gasteiger partial charge on any atom is -0.385 e. The highest BCUT2D eigenvalue weighted by atomic mass is 19.4. The molecule has 5 nitrogen and oxygen atoms in total. The van der Waals surface area contributed by atoms with Gasteiger partial charge in [0, 0.05) is 36.6 Å². The lowest BCUT2D eigenvalue weighted by atomic mass is 10.2. The lowest BCUT2D eigenvalue weighted by Crippen LogP contribution is -2.34. The maximum absolute atomic E-state index is 12.6. The number of hydrogen-bond acceptors (Lipinski definition) is 4. The van der Waals surface area contributed by atoms with Crippen molar-refractivity contribution in [1.29, 1.82) is 0 Å². The molecule has 0 aliphatic rings. The lowest BCUT2D eigenvalue weighted by Gasteiger charge is -2.26. The van der Waals surface area contributed by atoms with E-state index >= 15 is 0 Å². The minimum atomic E-state index is -4.36. The monoisotopic (exact) mass is 305 g/mol. The molecule has 8 heteroatoms. The van der Waals surface area contributed by atoms with Crippen LogP contribution >= 0.6 is 0 Å². The second-order valence-electron chi connectivity index (χ2n) is 4.56. The largest absolute Gasteiger partial charge is 0.405 e. The van der Waals surface area contributed by atoms with E-state index in [1.54, 1.807) is 13.8 Å².